The predicted molar refractivity (Wildman–Crippen MR) is 111 cm³/mol. The van der Waals surface area contributed by atoms with Crippen LogP contribution in [0.4, 0.5) is 0 Å². The van der Waals surface area contributed by atoms with Crippen molar-refractivity contribution in [3.05, 3.63) is 94.7 Å². The second-order valence-corrected chi connectivity index (χ2v) is 7.05. The number of pyridine rings is 1. The number of esters is 1. The number of aryl methyl sites for hydroxylation is 2. The van der Waals surface area contributed by atoms with E-state index < -0.39 is 0 Å². The molecule has 0 fully saturated rings. The third-order valence-corrected chi connectivity index (χ3v) is 5.02. The third kappa shape index (κ3) is 3.29. The maximum absolute atomic E-state index is 12.1. The lowest BCUT2D eigenvalue weighted by molar-refractivity contribution is 0.0600. The van der Waals surface area contributed by atoms with E-state index >= 15 is 0 Å². The summed E-state index contributed by atoms with van der Waals surface area (Å²) in [6, 6.07) is 20.4. The van der Waals surface area contributed by atoms with Gasteiger partial charge in [-0.15, -0.1) is 0 Å². The Morgan fingerprint density at radius 1 is 1.04 bits per heavy atom. The molecule has 0 aliphatic carbocycles. The van der Waals surface area contributed by atoms with Crippen molar-refractivity contribution >= 4 is 11.5 Å². The fraction of sp³-hybridized carbons (Fsp3) is 0.167. The summed E-state index contributed by atoms with van der Waals surface area (Å²) in [5, 5.41) is 4.86. The van der Waals surface area contributed by atoms with Gasteiger partial charge in [0, 0.05) is 23.7 Å². The summed E-state index contributed by atoms with van der Waals surface area (Å²) in [5.41, 5.74) is 7.99. The summed E-state index contributed by atoms with van der Waals surface area (Å²) >= 11 is 0. The summed E-state index contributed by atoms with van der Waals surface area (Å²) in [5.74, 6) is -0.307. The van der Waals surface area contributed by atoms with Gasteiger partial charge >= 0.3 is 5.97 Å². The largest absolute Gasteiger partial charge is 0.465 e. The van der Waals surface area contributed by atoms with Crippen molar-refractivity contribution in [1.82, 2.24) is 9.61 Å². The molecule has 0 saturated heterocycles. The zero-order valence-electron chi connectivity index (χ0n) is 16.3. The molecule has 28 heavy (non-hydrogen) atoms. The van der Waals surface area contributed by atoms with Gasteiger partial charge in [-0.05, 0) is 42.7 Å². The van der Waals surface area contributed by atoms with Crippen LogP contribution in [0.25, 0.3) is 16.8 Å². The van der Waals surface area contributed by atoms with Crippen LogP contribution >= 0.6 is 0 Å². The van der Waals surface area contributed by atoms with Crippen LogP contribution in [0, 0.1) is 13.8 Å². The molecule has 2 heterocycles. The molecule has 4 nitrogen and oxygen atoms in total. The zero-order chi connectivity index (χ0) is 19.7. The van der Waals surface area contributed by atoms with Crippen LogP contribution in [-0.2, 0) is 11.2 Å². The quantitative estimate of drug-likeness (QED) is 0.475. The fourth-order valence-corrected chi connectivity index (χ4v) is 3.52. The predicted octanol–water partition coefficient (Wildman–Crippen LogP) is 5.00. The fourth-order valence-electron chi connectivity index (χ4n) is 3.52. The minimum atomic E-state index is -0.307. The van der Waals surface area contributed by atoms with E-state index in [0.29, 0.717) is 12.0 Å². The van der Waals surface area contributed by atoms with Crippen molar-refractivity contribution in [2.24, 2.45) is 0 Å². The van der Waals surface area contributed by atoms with Gasteiger partial charge in [0.05, 0.1) is 23.9 Å². The van der Waals surface area contributed by atoms with Crippen molar-refractivity contribution in [2.45, 2.75) is 20.3 Å². The Kier molecular flexibility index (Phi) is 4.70. The molecule has 0 N–H and O–H groups in total. The average Bonchev–Trinajstić information content (AvgIpc) is 3.06. The first kappa shape index (κ1) is 18.0. The number of fused-ring (bicyclic) bond motifs is 1. The number of rotatable bonds is 4. The van der Waals surface area contributed by atoms with Crippen molar-refractivity contribution in [3.63, 3.8) is 0 Å². The van der Waals surface area contributed by atoms with Gasteiger partial charge in [0.2, 0.25) is 0 Å². The average molecular weight is 370 g/mol. The second-order valence-electron chi connectivity index (χ2n) is 7.05. The van der Waals surface area contributed by atoms with Crippen LogP contribution in [0.1, 0.15) is 32.6 Å². The molecule has 0 aliphatic rings. The van der Waals surface area contributed by atoms with Crippen molar-refractivity contribution in [2.75, 3.05) is 7.11 Å². The smallest absolute Gasteiger partial charge is 0.338 e. The minimum Gasteiger partial charge on any atom is -0.465 e. The lowest BCUT2D eigenvalue weighted by Crippen LogP contribution is -2.05. The molecule has 0 unspecified atom stereocenters. The van der Waals surface area contributed by atoms with Crippen molar-refractivity contribution in [3.8, 4) is 11.3 Å². The number of benzene rings is 2. The number of hydrogen-bond acceptors (Lipinski definition) is 3. The number of aromatic nitrogens is 2. The van der Waals surface area contributed by atoms with Crippen LogP contribution < -0.4 is 0 Å². The van der Waals surface area contributed by atoms with Gasteiger partial charge in [0.1, 0.15) is 0 Å². The summed E-state index contributed by atoms with van der Waals surface area (Å²) in [4.78, 5) is 12.1. The highest BCUT2D eigenvalue weighted by atomic mass is 16.5. The Morgan fingerprint density at radius 2 is 1.82 bits per heavy atom. The Labute approximate surface area is 164 Å². The van der Waals surface area contributed by atoms with Crippen LogP contribution in [0.15, 0.2) is 66.9 Å². The summed E-state index contributed by atoms with van der Waals surface area (Å²) in [7, 11) is 1.41. The molecular weight excluding hydrogens is 348 g/mol. The van der Waals surface area contributed by atoms with Gasteiger partial charge < -0.3 is 4.74 Å². The molecule has 4 rings (SSSR count). The lowest BCUT2D eigenvalue weighted by Gasteiger charge is -2.08. The number of nitrogens with zero attached hydrogens (tertiary/aromatic N) is 2. The number of methoxy groups -OCH3 is 1. The maximum atomic E-state index is 12.1. The van der Waals surface area contributed by atoms with Crippen molar-refractivity contribution in [1.29, 1.82) is 0 Å². The van der Waals surface area contributed by atoms with E-state index in [1.54, 1.807) is 0 Å². The Morgan fingerprint density at radius 3 is 2.57 bits per heavy atom. The standard InChI is InChI=1S/C24H22N2O2/c1-16-9-12-22-21(14-18-11-10-17(2)20(13-18)24(27)28-3)23(25-26(22)15-16)19-7-5-4-6-8-19/h4-13,15H,14H2,1-3H3. The van der Waals surface area contributed by atoms with Crippen molar-refractivity contribution < 1.29 is 9.53 Å². The highest BCUT2D eigenvalue weighted by Crippen LogP contribution is 2.29. The van der Waals surface area contributed by atoms with Gasteiger partial charge in [0.25, 0.3) is 0 Å². The monoisotopic (exact) mass is 370 g/mol. The number of carbonyl (C=O) groups excluding carboxylic acids is 1. The summed E-state index contributed by atoms with van der Waals surface area (Å²) in [6.07, 6.45) is 2.72. The summed E-state index contributed by atoms with van der Waals surface area (Å²) < 4.78 is 6.88. The number of hydrogen-bond donors (Lipinski definition) is 0. The molecule has 140 valence electrons. The topological polar surface area (TPSA) is 43.6 Å². The van der Waals surface area contributed by atoms with E-state index in [4.69, 9.17) is 9.84 Å². The Hall–Kier alpha value is -3.40. The Balaban J connectivity index is 1.85. The molecule has 4 aromatic rings. The van der Waals surface area contributed by atoms with E-state index in [-0.39, 0.29) is 5.97 Å². The molecular formula is C24H22N2O2. The normalized spacial score (nSPS) is 11.0. The summed E-state index contributed by atoms with van der Waals surface area (Å²) in [6.45, 7) is 3.98. The first-order valence-corrected chi connectivity index (χ1v) is 9.28. The van der Waals surface area contributed by atoms with E-state index in [2.05, 4.69) is 37.3 Å². The highest BCUT2D eigenvalue weighted by Gasteiger charge is 2.17. The van der Waals surface area contributed by atoms with E-state index in [1.807, 2.05) is 48.0 Å². The molecule has 0 spiro atoms. The SMILES string of the molecule is COC(=O)c1cc(Cc2c(-c3ccccc3)nn3cc(C)ccc23)ccc1C. The number of ether oxygens (including phenoxy) is 1. The Bertz CT molecular complexity index is 1160. The molecule has 0 saturated carbocycles. The van der Waals surface area contributed by atoms with Crippen LogP contribution in [0.5, 0.6) is 0 Å². The number of carbonyl (C=O) groups is 1. The van der Waals surface area contributed by atoms with E-state index in [1.165, 1.54) is 7.11 Å². The third-order valence-electron chi connectivity index (χ3n) is 5.02. The van der Waals surface area contributed by atoms with Gasteiger partial charge in [-0.2, -0.15) is 5.10 Å². The zero-order valence-corrected chi connectivity index (χ0v) is 16.3. The molecule has 0 amide bonds. The van der Waals surface area contributed by atoms with E-state index in [9.17, 15) is 4.79 Å². The minimum absolute atomic E-state index is 0.307. The molecule has 0 atom stereocenters. The van der Waals surface area contributed by atoms with Gasteiger partial charge in [0.15, 0.2) is 0 Å². The van der Waals surface area contributed by atoms with Crippen LogP contribution in [0.2, 0.25) is 0 Å². The molecule has 0 aliphatic heterocycles. The van der Waals surface area contributed by atoms with E-state index in [0.717, 1.165) is 39.0 Å². The van der Waals surface area contributed by atoms with Gasteiger partial charge in [-0.3, -0.25) is 0 Å². The molecule has 2 aromatic heterocycles. The molecule has 0 radical (unpaired) electrons. The highest BCUT2D eigenvalue weighted by molar-refractivity contribution is 5.91. The second kappa shape index (κ2) is 7.31. The first-order chi connectivity index (χ1) is 13.6. The van der Waals surface area contributed by atoms with Gasteiger partial charge in [-0.1, -0.05) is 48.5 Å². The molecule has 4 heteroatoms. The van der Waals surface area contributed by atoms with Crippen LogP contribution in [0.3, 0.4) is 0 Å². The van der Waals surface area contributed by atoms with Gasteiger partial charge in [-0.25, -0.2) is 9.31 Å². The maximum Gasteiger partial charge on any atom is 0.338 e. The van der Waals surface area contributed by atoms with Crippen LogP contribution in [-0.4, -0.2) is 22.7 Å². The molecule has 2 aromatic carbocycles. The first-order valence-electron chi connectivity index (χ1n) is 9.28. The lowest BCUT2D eigenvalue weighted by atomic mass is 9.97. The molecule has 0 bridgehead atoms.